The Bertz CT molecular complexity index is 2690. The average molecular weight is 602 g/mol. The summed E-state index contributed by atoms with van der Waals surface area (Å²) in [6, 6.07) is 55.1. The van der Waals surface area contributed by atoms with Crippen LogP contribution in [0.15, 0.2) is 156 Å². The summed E-state index contributed by atoms with van der Waals surface area (Å²) in [7, 11) is 0. The van der Waals surface area contributed by atoms with Crippen LogP contribution in [0.2, 0.25) is 0 Å². The van der Waals surface area contributed by atoms with Crippen LogP contribution < -0.4 is 0 Å². The van der Waals surface area contributed by atoms with Crippen LogP contribution in [0, 0.1) is 0 Å². The zero-order valence-electron chi connectivity index (χ0n) is 26.3. The molecule has 1 aliphatic carbocycles. The van der Waals surface area contributed by atoms with Gasteiger partial charge in [-0.25, -0.2) is 0 Å². The van der Waals surface area contributed by atoms with E-state index >= 15 is 0 Å². The SMILES string of the molecule is CC1(C)c2cc(-n3c4ccccc4c4cc(-c5ccc(-c6ccccc6)cc5)ccc43)ccc2-c2ccc3oc4ccccc4c3c21. The van der Waals surface area contributed by atoms with Crippen molar-refractivity contribution in [3.05, 3.63) is 163 Å². The average Bonchev–Trinajstić information content (AvgIpc) is 3.74. The van der Waals surface area contributed by atoms with Gasteiger partial charge in [0.25, 0.3) is 0 Å². The van der Waals surface area contributed by atoms with E-state index in [1.54, 1.807) is 0 Å². The molecule has 0 aliphatic heterocycles. The van der Waals surface area contributed by atoms with Crippen LogP contribution in [0.25, 0.3) is 82.8 Å². The molecule has 1 aliphatic rings. The smallest absolute Gasteiger partial charge is 0.135 e. The summed E-state index contributed by atoms with van der Waals surface area (Å²) < 4.78 is 8.75. The lowest BCUT2D eigenvalue weighted by atomic mass is 9.80. The van der Waals surface area contributed by atoms with Crippen LogP contribution in [-0.4, -0.2) is 4.57 Å². The van der Waals surface area contributed by atoms with E-state index in [0.717, 1.165) is 11.2 Å². The first-order chi connectivity index (χ1) is 23.1. The number of nitrogens with zero attached hydrogens (tertiary/aromatic N) is 1. The lowest BCUT2D eigenvalue weighted by molar-refractivity contribution is 0.656. The second kappa shape index (κ2) is 9.57. The normalized spacial score (nSPS) is 13.5. The molecule has 10 rings (SSSR count). The van der Waals surface area contributed by atoms with Gasteiger partial charge < -0.3 is 8.98 Å². The van der Waals surface area contributed by atoms with Crippen LogP contribution in [0.5, 0.6) is 0 Å². The highest BCUT2D eigenvalue weighted by Gasteiger charge is 2.38. The highest BCUT2D eigenvalue weighted by atomic mass is 16.3. The first kappa shape index (κ1) is 26.4. The van der Waals surface area contributed by atoms with Crippen molar-refractivity contribution < 1.29 is 4.42 Å². The molecule has 47 heavy (non-hydrogen) atoms. The van der Waals surface area contributed by atoms with Crippen LogP contribution in [0.4, 0.5) is 0 Å². The number of furan rings is 1. The van der Waals surface area contributed by atoms with Gasteiger partial charge in [-0.3, -0.25) is 0 Å². The van der Waals surface area contributed by atoms with Crippen molar-refractivity contribution in [1.82, 2.24) is 4.57 Å². The third kappa shape index (κ3) is 3.73. The minimum Gasteiger partial charge on any atom is -0.456 e. The quantitative estimate of drug-likeness (QED) is 0.197. The van der Waals surface area contributed by atoms with E-state index in [1.807, 2.05) is 6.07 Å². The Labute approximate surface area is 273 Å². The van der Waals surface area contributed by atoms with Gasteiger partial charge in [-0.05, 0) is 87.0 Å². The molecule has 222 valence electrons. The Morgan fingerprint density at radius 2 is 1.11 bits per heavy atom. The molecule has 0 N–H and O–H groups in total. The van der Waals surface area contributed by atoms with Crippen molar-refractivity contribution >= 4 is 43.7 Å². The third-order valence-corrected chi connectivity index (χ3v) is 10.4. The van der Waals surface area contributed by atoms with Crippen molar-refractivity contribution in [2.75, 3.05) is 0 Å². The highest BCUT2D eigenvalue weighted by Crippen LogP contribution is 2.53. The standard InChI is InChI=1S/C45H31NO/c1-45(2)38-27-32(21-22-33(38)35-23-25-42-43(44(35)45)36-13-7-9-15-41(36)47-42)46-39-14-8-6-12-34(39)37-26-31(20-24-40(37)46)30-18-16-29(17-19-30)28-10-4-3-5-11-28/h3-27H,1-2H3. The first-order valence-electron chi connectivity index (χ1n) is 16.4. The predicted octanol–water partition coefficient (Wildman–Crippen LogP) is 12.3. The molecule has 0 saturated heterocycles. The molecule has 0 spiro atoms. The minimum atomic E-state index is -0.190. The Morgan fingerprint density at radius 3 is 1.94 bits per heavy atom. The molecule has 2 heteroatoms. The summed E-state index contributed by atoms with van der Waals surface area (Å²) in [4.78, 5) is 0. The van der Waals surface area contributed by atoms with E-state index in [4.69, 9.17) is 4.42 Å². The Kier molecular flexibility index (Phi) is 5.37. The van der Waals surface area contributed by atoms with Gasteiger partial charge in [-0.1, -0.05) is 123 Å². The van der Waals surface area contributed by atoms with Gasteiger partial charge in [0, 0.05) is 32.6 Å². The lowest BCUT2D eigenvalue weighted by Crippen LogP contribution is -2.15. The number of hydrogen-bond donors (Lipinski definition) is 0. The molecule has 7 aromatic carbocycles. The van der Waals surface area contributed by atoms with Crippen molar-refractivity contribution in [2.45, 2.75) is 19.3 Å². The zero-order valence-corrected chi connectivity index (χ0v) is 26.3. The summed E-state index contributed by atoms with van der Waals surface area (Å²) in [5.41, 5.74) is 15.6. The molecule has 2 aromatic heterocycles. The van der Waals surface area contributed by atoms with Crippen molar-refractivity contribution in [2.24, 2.45) is 0 Å². The van der Waals surface area contributed by atoms with Gasteiger partial charge in [-0.15, -0.1) is 0 Å². The van der Waals surface area contributed by atoms with Gasteiger partial charge in [0.1, 0.15) is 11.2 Å². The first-order valence-corrected chi connectivity index (χ1v) is 16.4. The van der Waals surface area contributed by atoms with Crippen molar-refractivity contribution in [3.63, 3.8) is 0 Å². The Hall–Kier alpha value is -5.86. The van der Waals surface area contributed by atoms with Gasteiger partial charge in [-0.2, -0.15) is 0 Å². The zero-order chi connectivity index (χ0) is 31.3. The summed E-state index contributed by atoms with van der Waals surface area (Å²) >= 11 is 0. The largest absolute Gasteiger partial charge is 0.456 e. The van der Waals surface area contributed by atoms with Crippen molar-refractivity contribution in [3.8, 4) is 39.1 Å². The number of benzene rings is 7. The maximum absolute atomic E-state index is 6.31. The van der Waals surface area contributed by atoms with Crippen LogP contribution >= 0.6 is 0 Å². The highest BCUT2D eigenvalue weighted by molar-refractivity contribution is 6.12. The van der Waals surface area contributed by atoms with Gasteiger partial charge in [0.15, 0.2) is 0 Å². The molecule has 0 unspecified atom stereocenters. The molecule has 0 fully saturated rings. The lowest BCUT2D eigenvalue weighted by Gasteiger charge is -2.23. The molecule has 0 amide bonds. The fraction of sp³-hybridized carbons (Fsp3) is 0.0667. The Balaban J connectivity index is 1.12. The van der Waals surface area contributed by atoms with E-state index in [-0.39, 0.29) is 5.41 Å². The van der Waals surface area contributed by atoms with Crippen molar-refractivity contribution in [1.29, 1.82) is 0 Å². The Morgan fingerprint density at radius 1 is 0.468 bits per heavy atom. The van der Waals surface area contributed by atoms with E-state index in [1.165, 1.54) is 82.8 Å². The molecule has 2 heterocycles. The topological polar surface area (TPSA) is 18.1 Å². The second-order valence-corrected chi connectivity index (χ2v) is 13.3. The van der Waals surface area contributed by atoms with Gasteiger partial charge in [0.2, 0.25) is 0 Å². The maximum atomic E-state index is 6.31. The number of para-hydroxylation sites is 2. The fourth-order valence-electron chi connectivity index (χ4n) is 8.16. The number of aromatic nitrogens is 1. The number of fused-ring (bicyclic) bond motifs is 10. The monoisotopic (exact) mass is 601 g/mol. The van der Waals surface area contributed by atoms with E-state index in [0.29, 0.717) is 0 Å². The van der Waals surface area contributed by atoms with Gasteiger partial charge >= 0.3 is 0 Å². The molecule has 9 aromatic rings. The predicted molar refractivity (Wildman–Crippen MR) is 196 cm³/mol. The molecule has 0 radical (unpaired) electrons. The third-order valence-electron chi connectivity index (χ3n) is 10.4. The molecule has 0 bridgehead atoms. The van der Waals surface area contributed by atoms with Crippen LogP contribution in [-0.2, 0) is 5.41 Å². The molecule has 0 saturated carbocycles. The summed E-state index contributed by atoms with van der Waals surface area (Å²) in [6.45, 7) is 4.73. The summed E-state index contributed by atoms with van der Waals surface area (Å²) in [6.07, 6.45) is 0. The molecule has 2 nitrogen and oxygen atoms in total. The molecular weight excluding hydrogens is 571 g/mol. The molecule has 0 atom stereocenters. The van der Waals surface area contributed by atoms with E-state index in [9.17, 15) is 0 Å². The summed E-state index contributed by atoms with van der Waals surface area (Å²) in [5.74, 6) is 0. The van der Waals surface area contributed by atoms with Crippen LogP contribution in [0.3, 0.4) is 0 Å². The maximum Gasteiger partial charge on any atom is 0.135 e. The second-order valence-electron chi connectivity index (χ2n) is 13.3. The summed E-state index contributed by atoms with van der Waals surface area (Å²) in [5, 5.41) is 4.95. The van der Waals surface area contributed by atoms with Crippen LogP contribution in [0.1, 0.15) is 25.0 Å². The minimum absolute atomic E-state index is 0.190. The van der Waals surface area contributed by atoms with E-state index in [2.05, 4.69) is 164 Å². The number of rotatable bonds is 3. The van der Waals surface area contributed by atoms with E-state index < -0.39 is 0 Å². The van der Waals surface area contributed by atoms with Gasteiger partial charge in [0.05, 0.1) is 11.0 Å². The fourth-order valence-corrected chi connectivity index (χ4v) is 8.16. The molecular formula is C45H31NO. The number of hydrogen-bond acceptors (Lipinski definition) is 1.